The maximum absolute atomic E-state index is 11.7. The minimum absolute atomic E-state index is 0.285. The van der Waals surface area contributed by atoms with Crippen molar-refractivity contribution in [3.8, 4) is 0 Å². The Bertz CT molecular complexity index is 581. The number of hydrogen-bond acceptors (Lipinski definition) is 2. The van der Waals surface area contributed by atoms with E-state index in [1.165, 1.54) is 11.1 Å². The Labute approximate surface area is 126 Å². The van der Waals surface area contributed by atoms with E-state index >= 15 is 0 Å². The zero-order valence-corrected chi connectivity index (χ0v) is 12.5. The first kappa shape index (κ1) is 15.1. The molecule has 1 atom stereocenters. The second-order valence-corrected chi connectivity index (χ2v) is 5.33. The fourth-order valence-corrected chi connectivity index (χ4v) is 2.17. The van der Waals surface area contributed by atoms with Crippen LogP contribution in [-0.2, 0) is 11.2 Å². The third-order valence-corrected chi connectivity index (χ3v) is 3.35. The van der Waals surface area contributed by atoms with Crippen molar-refractivity contribution in [1.29, 1.82) is 0 Å². The number of carbonyl (C=O) groups excluding carboxylic acids is 1. The number of ether oxygens (including phenoxy) is 1. The van der Waals surface area contributed by atoms with Crippen LogP contribution in [0.1, 0.15) is 18.1 Å². The molecule has 2 aromatic rings. The van der Waals surface area contributed by atoms with Crippen molar-refractivity contribution in [2.24, 2.45) is 5.92 Å². The van der Waals surface area contributed by atoms with Gasteiger partial charge < -0.3 is 4.74 Å². The van der Waals surface area contributed by atoms with Crippen molar-refractivity contribution in [3.63, 3.8) is 0 Å². The molecule has 2 aromatic carbocycles. The van der Waals surface area contributed by atoms with Gasteiger partial charge in [0.15, 0.2) is 0 Å². The van der Waals surface area contributed by atoms with Gasteiger partial charge in [-0.2, -0.15) is 0 Å². The Morgan fingerprint density at radius 2 is 1.76 bits per heavy atom. The molecule has 0 fully saturated rings. The molecular formula is C18H21NO2. The predicted molar refractivity (Wildman–Crippen MR) is 85.5 cm³/mol. The quantitative estimate of drug-likeness (QED) is 0.882. The lowest BCUT2D eigenvalue weighted by Gasteiger charge is -2.14. The first-order valence-electron chi connectivity index (χ1n) is 7.18. The van der Waals surface area contributed by atoms with Gasteiger partial charge in [0.25, 0.3) is 0 Å². The van der Waals surface area contributed by atoms with Crippen LogP contribution >= 0.6 is 0 Å². The molecule has 2 rings (SSSR count). The maximum Gasteiger partial charge on any atom is 0.411 e. The first-order valence-corrected chi connectivity index (χ1v) is 7.18. The molecule has 3 heteroatoms. The molecule has 0 aliphatic heterocycles. The third-order valence-electron chi connectivity index (χ3n) is 3.35. The lowest BCUT2D eigenvalue weighted by atomic mass is 9.98. The van der Waals surface area contributed by atoms with Crippen molar-refractivity contribution in [2.75, 3.05) is 11.9 Å². The molecule has 0 saturated heterocycles. The molecular weight excluding hydrogens is 262 g/mol. The number of nitrogens with one attached hydrogen (secondary N) is 1. The van der Waals surface area contributed by atoms with E-state index in [-0.39, 0.29) is 5.92 Å². The summed E-state index contributed by atoms with van der Waals surface area (Å²) in [6.45, 7) is 4.60. The Balaban J connectivity index is 1.77. The van der Waals surface area contributed by atoms with Gasteiger partial charge in [-0.25, -0.2) is 4.79 Å². The first-order chi connectivity index (χ1) is 10.1. The number of hydrogen-bond donors (Lipinski definition) is 1. The molecule has 0 spiro atoms. The van der Waals surface area contributed by atoms with Gasteiger partial charge in [0.1, 0.15) is 0 Å². The molecule has 110 valence electrons. The van der Waals surface area contributed by atoms with Gasteiger partial charge in [-0.1, -0.05) is 49.4 Å². The fraction of sp³-hybridized carbons (Fsp3) is 0.278. The number of carbonyl (C=O) groups is 1. The van der Waals surface area contributed by atoms with Gasteiger partial charge >= 0.3 is 6.09 Å². The lowest BCUT2D eigenvalue weighted by molar-refractivity contribution is 0.144. The van der Waals surface area contributed by atoms with Gasteiger partial charge in [0, 0.05) is 5.69 Å². The number of para-hydroxylation sites is 1. The summed E-state index contributed by atoms with van der Waals surface area (Å²) in [6, 6.07) is 17.6. The highest BCUT2D eigenvalue weighted by atomic mass is 16.5. The van der Waals surface area contributed by atoms with Gasteiger partial charge in [-0.3, -0.25) is 5.32 Å². The second-order valence-electron chi connectivity index (χ2n) is 5.33. The molecule has 0 saturated carbocycles. The number of anilines is 1. The summed E-state index contributed by atoms with van der Waals surface area (Å²) in [6.07, 6.45) is 0.503. The Morgan fingerprint density at radius 3 is 2.48 bits per heavy atom. The van der Waals surface area contributed by atoms with E-state index in [1.807, 2.05) is 42.5 Å². The van der Waals surface area contributed by atoms with Crippen LogP contribution in [0.15, 0.2) is 54.6 Å². The highest BCUT2D eigenvalue weighted by Gasteiger charge is 2.09. The molecule has 1 amide bonds. The van der Waals surface area contributed by atoms with Gasteiger partial charge in [0.05, 0.1) is 6.61 Å². The largest absolute Gasteiger partial charge is 0.449 e. The summed E-state index contributed by atoms with van der Waals surface area (Å²) < 4.78 is 5.27. The number of benzene rings is 2. The van der Waals surface area contributed by atoms with Crippen LogP contribution in [0, 0.1) is 12.8 Å². The molecule has 0 aromatic heterocycles. The standard InChI is InChI=1S/C18H21NO2/c1-14(12-16-9-7-6-8-15(16)2)13-21-18(20)19-17-10-4-3-5-11-17/h3-11,14H,12-13H2,1-2H3,(H,19,20). The molecule has 0 aliphatic rings. The predicted octanol–water partition coefficient (Wildman–Crippen LogP) is 4.42. The average molecular weight is 283 g/mol. The monoisotopic (exact) mass is 283 g/mol. The van der Waals surface area contributed by atoms with Crippen LogP contribution in [0.3, 0.4) is 0 Å². The van der Waals surface area contributed by atoms with Crippen LogP contribution in [0.4, 0.5) is 10.5 Å². The minimum Gasteiger partial charge on any atom is -0.449 e. The molecule has 21 heavy (non-hydrogen) atoms. The Hall–Kier alpha value is -2.29. The minimum atomic E-state index is -0.405. The smallest absolute Gasteiger partial charge is 0.411 e. The molecule has 3 nitrogen and oxygen atoms in total. The normalized spacial score (nSPS) is 11.7. The van der Waals surface area contributed by atoms with Gasteiger partial charge in [-0.15, -0.1) is 0 Å². The SMILES string of the molecule is Cc1ccccc1CC(C)COC(=O)Nc1ccccc1. The van der Waals surface area contributed by atoms with Crippen molar-refractivity contribution >= 4 is 11.8 Å². The van der Waals surface area contributed by atoms with E-state index in [4.69, 9.17) is 4.74 Å². The summed E-state index contributed by atoms with van der Waals surface area (Å²) in [5.74, 6) is 0.285. The summed E-state index contributed by atoms with van der Waals surface area (Å²) in [7, 11) is 0. The van der Waals surface area contributed by atoms with Crippen LogP contribution in [0.25, 0.3) is 0 Å². The highest BCUT2D eigenvalue weighted by Crippen LogP contribution is 2.13. The lowest BCUT2D eigenvalue weighted by Crippen LogP contribution is -2.18. The number of rotatable bonds is 5. The molecule has 1 unspecified atom stereocenters. The van der Waals surface area contributed by atoms with Crippen LogP contribution in [0.5, 0.6) is 0 Å². The zero-order chi connectivity index (χ0) is 15.1. The highest BCUT2D eigenvalue weighted by molar-refractivity contribution is 5.84. The molecule has 0 bridgehead atoms. The van der Waals surface area contributed by atoms with Gasteiger partial charge in [0.2, 0.25) is 0 Å². The van der Waals surface area contributed by atoms with E-state index < -0.39 is 6.09 Å². The van der Waals surface area contributed by atoms with E-state index in [0.717, 1.165) is 12.1 Å². The van der Waals surface area contributed by atoms with Crippen molar-refractivity contribution in [2.45, 2.75) is 20.3 Å². The average Bonchev–Trinajstić information content (AvgIpc) is 2.49. The summed E-state index contributed by atoms with van der Waals surface area (Å²) in [5, 5.41) is 2.71. The second kappa shape index (κ2) is 7.48. The number of amides is 1. The van der Waals surface area contributed by atoms with E-state index in [1.54, 1.807) is 0 Å². The molecule has 0 radical (unpaired) electrons. The summed E-state index contributed by atoms with van der Waals surface area (Å²) >= 11 is 0. The van der Waals surface area contributed by atoms with Crippen LogP contribution in [0.2, 0.25) is 0 Å². The van der Waals surface area contributed by atoms with Crippen LogP contribution in [-0.4, -0.2) is 12.7 Å². The molecule has 0 aliphatic carbocycles. The maximum atomic E-state index is 11.7. The summed E-state index contributed by atoms with van der Waals surface area (Å²) in [5.41, 5.74) is 3.32. The zero-order valence-electron chi connectivity index (χ0n) is 12.5. The van der Waals surface area contributed by atoms with Crippen molar-refractivity contribution in [1.82, 2.24) is 0 Å². The topological polar surface area (TPSA) is 38.3 Å². The molecule has 1 N–H and O–H groups in total. The van der Waals surface area contributed by atoms with Crippen LogP contribution < -0.4 is 5.32 Å². The van der Waals surface area contributed by atoms with E-state index in [2.05, 4.69) is 31.3 Å². The summed E-state index contributed by atoms with van der Waals surface area (Å²) in [4.78, 5) is 11.7. The van der Waals surface area contributed by atoms with Crippen molar-refractivity contribution < 1.29 is 9.53 Å². The molecule has 0 heterocycles. The number of aryl methyl sites for hydroxylation is 1. The van der Waals surface area contributed by atoms with E-state index in [0.29, 0.717) is 6.61 Å². The third kappa shape index (κ3) is 4.95. The van der Waals surface area contributed by atoms with Gasteiger partial charge in [-0.05, 0) is 42.5 Å². The Kier molecular flexibility index (Phi) is 5.38. The Morgan fingerprint density at radius 1 is 1.10 bits per heavy atom. The fourth-order valence-electron chi connectivity index (χ4n) is 2.17. The van der Waals surface area contributed by atoms with E-state index in [9.17, 15) is 4.79 Å². The van der Waals surface area contributed by atoms with Crippen molar-refractivity contribution in [3.05, 3.63) is 65.7 Å².